The van der Waals surface area contributed by atoms with E-state index in [0.29, 0.717) is 19.1 Å². The van der Waals surface area contributed by atoms with Crippen LogP contribution in [-0.4, -0.2) is 65.9 Å². The van der Waals surface area contributed by atoms with Crippen molar-refractivity contribution in [3.05, 3.63) is 10.1 Å². The summed E-state index contributed by atoms with van der Waals surface area (Å²) < 4.78 is 10.3. The van der Waals surface area contributed by atoms with E-state index in [1.54, 1.807) is 0 Å². The molecule has 2 heterocycles. The fraction of sp³-hybridized carbons (Fsp3) is 1.00. The number of nitro groups is 1. The molecule has 0 bridgehead atoms. The standard InChI is InChI=1S/C8H15NO4.C8H17NO2/c1-6(9(11)12)8(10)7-2-4-13-5-3-7;1-6(9)8(10)7-2-4-11-5-3-7/h6-8,10H,2-5H2,1H3;6-8,10H,2-5,9H2,1H3. The zero-order chi connectivity index (χ0) is 18.1. The van der Waals surface area contributed by atoms with Crippen LogP contribution in [-0.2, 0) is 9.47 Å². The summed E-state index contributed by atoms with van der Waals surface area (Å²) in [5.41, 5.74) is 5.58. The molecule has 4 N–H and O–H groups in total. The van der Waals surface area contributed by atoms with Crippen LogP contribution >= 0.6 is 0 Å². The van der Waals surface area contributed by atoms with Crippen LogP contribution in [0, 0.1) is 22.0 Å². The van der Waals surface area contributed by atoms with E-state index in [2.05, 4.69) is 0 Å². The zero-order valence-corrected chi connectivity index (χ0v) is 14.7. The molecule has 2 aliphatic rings. The maximum atomic E-state index is 10.4. The molecule has 0 aromatic heterocycles. The van der Waals surface area contributed by atoms with Gasteiger partial charge in [-0.25, -0.2) is 0 Å². The van der Waals surface area contributed by atoms with Crippen LogP contribution in [0.3, 0.4) is 0 Å². The number of aliphatic hydroxyl groups is 2. The highest BCUT2D eigenvalue weighted by atomic mass is 16.6. The van der Waals surface area contributed by atoms with Crippen molar-refractivity contribution in [2.24, 2.45) is 17.6 Å². The third-order valence-electron chi connectivity index (χ3n) is 4.86. The summed E-state index contributed by atoms with van der Waals surface area (Å²) in [6.45, 7) is 6.04. The number of nitrogens with zero attached hydrogens (tertiary/aromatic N) is 1. The topological polar surface area (TPSA) is 128 Å². The maximum absolute atomic E-state index is 10.4. The second-order valence-electron chi connectivity index (χ2n) is 6.77. The number of hydrogen-bond donors (Lipinski definition) is 3. The molecule has 0 amide bonds. The highest BCUT2D eigenvalue weighted by Gasteiger charge is 2.32. The predicted octanol–water partition coefficient (Wildman–Crippen LogP) is 0.560. The monoisotopic (exact) mass is 348 g/mol. The molecule has 0 aromatic rings. The van der Waals surface area contributed by atoms with Crippen molar-refractivity contribution in [2.45, 2.75) is 63.8 Å². The number of aliphatic hydroxyl groups excluding tert-OH is 2. The Bertz CT molecular complexity index is 356. The zero-order valence-electron chi connectivity index (χ0n) is 14.7. The van der Waals surface area contributed by atoms with Crippen molar-refractivity contribution in [1.29, 1.82) is 0 Å². The largest absolute Gasteiger partial charge is 0.391 e. The van der Waals surface area contributed by atoms with Crippen LogP contribution in [0.2, 0.25) is 0 Å². The Balaban J connectivity index is 0.000000243. The van der Waals surface area contributed by atoms with Gasteiger partial charge < -0.3 is 25.4 Å². The van der Waals surface area contributed by atoms with Gasteiger partial charge in [0.1, 0.15) is 6.10 Å². The Kier molecular flexibility index (Phi) is 9.68. The lowest BCUT2D eigenvalue weighted by Gasteiger charge is -2.28. The first-order chi connectivity index (χ1) is 11.3. The van der Waals surface area contributed by atoms with Gasteiger partial charge in [-0.1, -0.05) is 0 Å². The Morgan fingerprint density at radius 1 is 0.958 bits per heavy atom. The minimum absolute atomic E-state index is 0.0224. The molecule has 2 aliphatic heterocycles. The van der Waals surface area contributed by atoms with Crippen LogP contribution in [0.5, 0.6) is 0 Å². The van der Waals surface area contributed by atoms with Gasteiger partial charge in [0, 0.05) is 44.3 Å². The van der Waals surface area contributed by atoms with Crippen molar-refractivity contribution < 1.29 is 24.6 Å². The van der Waals surface area contributed by atoms with E-state index in [-0.39, 0.29) is 18.1 Å². The summed E-state index contributed by atoms with van der Waals surface area (Å²) in [5, 5.41) is 29.6. The Morgan fingerprint density at radius 3 is 1.67 bits per heavy atom. The minimum atomic E-state index is -0.872. The maximum Gasteiger partial charge on any atom is 0.236 e. The van der Waals surface area contributed by atoms with Crippen molar-refractivity contribution in [3.8, 4) is 0 Å². The van der Waals surface area contributed by atoms with Crippen LogP contribution in [0.15, 0.2) is 0 Å². The molecule has 2 saturated heterocycles. The normalized spacial score (nSPS) is 25.0. The summed E-state index contributed by atoms with van der Waals surface area (Å²) in [7, 11) is 0. The van der Waals surface area contributed by atoms with Crippen LogP contribution in [0.1, 0.15) is 39.5 Å². The second-order valence-corrected chi connectivity index (χ2v) is 6.77. The van der Waals surface area contributed by atoms with Gasteiger partial charge in [0.25, 0.3) is 0 Å². The predicted molar refractivity (Wildman–Crippen MR) is 89.2 cm³/mol. The minimum Gasteiger partial charge on any atom is -0.391 e. The van der Waals surface area contributed by atoms with E-state index in [1.165, 1.54) is 6.92 Å². The molecule has 2 rings (SSSR count). The second kappa shape index (κ2) is 10.9. The molecule has 8 nitrogen and oxygen atoms in total. The van der Waals surface area contributed by atoms with Crippen LogP contribution in [0.25, 0.3) is 0 Å². The average molecular weight is 348 g/mol. The first kappa shape index (κ1) is 21.2. The number of nitrogens with two attached hydrogens (primary N) is 1. The van der Waals surface area contributed by atoms with E-state index in [4.69, 9.17) is 15.2 Å². The van der Waals surface area contributed by atoms with Gasteiger partial charge >= 0.3 is 0 Å². The number of ether oxygens (including phenoxy) is 2. The first-order valence-corrected chi connectivity index (χ1v) is 8.75. The molecular formula is C16H32N2O6. The quantitative estimate of drug-likeness (QED) is 0.489. The van der Waals surface area contributed by atoms with Crippen molar-refractivity contribution >= 4 is 0 Å². The summed E-state index contributed by atoms with van der Waals surface area (Å²) in [4.78, 5) is 9.97. The van der Waals surface area contributed by atoms with Gasteiger partial charge in [-0.15, -0.1) is 0 Å². The van der Waals surface area contributed by atoms with E-state index in [1.807, 2.05) is 6.92 Å². The fourth-order valence-electron chi connectivity index (χ4n) is 3.06. The lowest BCUT2D eigenvalue weighted by atomic mass is 9.90. The van der Waals surface area contributed by atoms with Gasteiger partial charge in [0.2, 0.25) is 6.04 Å². The Hall–Kier alpha value is -0.800. The Morgan fingerprint density at radius 2 is 1.33 bits per heavy atom. The van der Waals surface area contributed by atoms with E-state index in [9.17, 15) is 20.3 Å². The first-order valence-electron chi connectivity index (χ1n) is 8.75. The molecule has 0 saturated carbocycles. The number of rotatable bonds is 5. The molecule has 0 spiro atoms. The van der Waals surface area contributed by atoms with E-state index < -0.39 is 17.1 Å². The molecule has 24 heavy (non-hydrogen) atoms. The summed E-state index contributed by atoms with van der Waals surface area (Å²) in [6.07, 6.45) is 2.15. The smallest absolute Gasteiger partial charge is 0.236 e. The van der Waals surface area contributed by atoms with Crippen molar-refractivity contribution in [1.82, 2.24) is 0 Å². The van der Waals surface area contributed by atoms with Gasteiger partial charge in [0.15, 0.2) is 0 Å². The Labute approximate surface area is 143 Å². The molecule has 142 valence electrons. The molecule has 0 aliphatic carbocycles. The molecular weight excluding hydrogens is 316 g/mol. The SMILES string of the molecule is CC(C(O)C1CCOCC1)[N+](=O)[O-].CC(N)C(O)C1CCOCC1. The van der Waals surface area contributed by atoms with Gasteiger partial charge in [-0.3, -0.25) is 10.1 Å². The van der Waals surface area contributed by atoms with Gasteiger partial charge in [-0.05, 0) is 44.4 Å². The highest BCUT2D eigenvalue weighted by molar-refractivity contribution is 4.77. The van der Waals surface area contributed by atoms with Crippen molar-refractivity contribution in [2.75, 3.05) is 26.4 Å². The lowest BCUT2D eigenvalue weighted by molar-refractivity contribution is -0.532. The van der Waals surface area contributed by atoms with E-state index >= 15 is 0 Å². The van der Waals surface area contributed by atoms with Gasteiger partial charge in [-0.2, -0.15) is 0 Å². The molecule has 2 fully saturated rings. The fourth-order valence-corrected chi connectivity index (χ4v) is 3.06. The number of hydrogen-bond acceptors (Lipinski definition) is 7. The molecule has 0 radical (unpaired) electrons. The highest BCUT2D eigenvalue weighted by Crippen LogP contribution is 2.21. The summed E-state index contributed by atoms with van der Waals surface area (Å²) in [6, 6.07) is -0.985. The van der Waals surface area contributed by atoms with Crippen LogP contribution in [0.4, 0.5) is 0 Å². The third-order valence-corrected chi connectivity index (χ3v) is 4.86. The van der Waals surface area contributed by atoms with Crippen LogP contribution < -0.4 is 5.73 Å². The van der Waals surface area contributed by atoms with E-state index in [0.717, 1.165) is 38.9 Å². The average Bonchev–Trinajstić information content (AvgIpc) is 2.61. The summed E-state index contributed by atoms with van der Waals surface area (Å²) >= 11 is 0. The molecule has 8 heteroatoms. The molecule has 4 atom stereocenters. The molecule has 4 unspecified atom stereocenters. The molecule has 0 aromatic carbocycles. The van der Waals surface area contributed by atoms with Crippen molar-refractivity contribution in [3.63, 3.8) is 0 Å². The lowest BCUT2D eigenvalue weighted by Crippen LogP contribution is -2.39. The van der Waals surface area contributed by atoms with Gasteiger partial charge in [0.05, 0.1) is 6.10 Å². The third kappa shape index (κ3) is 6.98. The summed E-state index contributed by atoms with van der Waals surface area (Å²) in [5.74, 6) is 0.373.